The minimum atomic E-state index is -0.967. The molecule has 0 unspecified atom stereocenters. The maximum Gasteiger partial charge on any atom is 0.263 e. The molecule has 0 saturated heterocycles. The zero-order valence-corrected chi connectivity index (χ0v) is 22.5. The topological polar surface area (TPSA) is 78.4 Å². The number of anilines is 1. The van der Waals surface area contributed by atoms with Crippen molar-refractivity contribution in [3.05, 3.63) is 24.3 Å². The lowest BCUT2D eigenvalue weighted by Crippen LogP contribution is -2.33. The van der Waals surface area contributed by atoms with Gasteiger partial charge >= 0.3 is 0 Å². The second-order valence-corrected chi connectivity index (χ2v) is 18.1. The zero-order valence-electron chi connectivity index (χ0n) is 13.0. The molecule has 0 fully saturated rings. The highest BCUT2D eigenvalue weighted by Gasteiger charge is 2.28. The van der Waals surface area contributed by atoms with Crippen LogP contribution in [0, 0.1) is 0 Å². The third-order valence-electron chi connectivity index (χ3n) is 2.46. The van der Waals surface area contributed by atoms with Crippen molar-refractivity contribution in [2.75, 3.05) is 11.9 Å². The number of aromatic hydroxyl groups is 1. The van der Waals surface area contributed by atoms with Gasteiger partial charge in [0.15, 0.2) is 0 Å². The van der Waals surface area contributed by atoms with E-state index in [0.717, 1.165) is 19.4 Å². The SMILES string of the molecule is CCCCNC(=O)C(Br)(Br)Br.O=C(Nc1ccc(O)cc1)C(Br)(Br)Br. The Balaban J connectivity index is 0.000000477. The van der Waals surface area contributed by atoms with E-state index in [0.29, 0.717) is 5.69 Å². The van der Waals surface area contributed by atoms with Crippen molar-refractivity contribution in [2.24, 2.45) is 0 Å². The Morgan fingerprint density at radius 2 is 1.44 bits per heavy atom. The van der Waals surface area contributed by atoms with Crippen LogP contribution in [0.15, 0.2) is 24.3 Å². The normalized spacial score (nSPS) is 11.2. The molecule has 1 rings (SSSR count). The molecule has 0 heterocycles. The van der Waals surface area contributed by atoms with Crippen molar-refractivity contribution in [3.8, 4) is 5.75 Å². The smallest absolute Gasteiger partial charge is 0.263 e. The first kappa shape index (κ1) is 25.8. The summed E-state index contributed by atoms with van der Waals surface area (Å²) in [6, 6.07) is 6.19. The van der Waals surface area contributed by atoms with Crippen molar-refractivity contribution in [1.82, 2.24) is 5.32 Å². The van der Waals surface area contributed by atoms with Crippen LogP contribution in [0.25, 0.3) is 0 Å². The molecule has 1 aromatic carbocycles. The number of nitrogens with one attached hydrogen (secondary N) is 2. The maximum atomic E-state index is 11.4. The molecule has 0 saturated carbocycles. The van der Waals surface area contributed by atoms with Crippen LogP contribution in [0.4, 0.5) is 5.69 Å². The van der Waals surface area contributed by atoms with Gasteiger partial charge in [-0.3, -0.25) is 9.59 Å². The second-order valence-electron chi connectivity index (χ2n) is 4.61. The monoisotopic (exact) mass is 734 g/mol. The average Bonchev–Trinajstić information content (AvgIpc) is 2.48. The lowest BCUT2D eigenvalue weighted by Gasteiger charge is -2.12. The summed E-state index contributed by atoms with van der Waals surface area (Å²) in [4.78, 5) is 22.5. The molecule has 25 heavy (non-hydrogen) atoms. The molecule has 5 nitrogen and oxygen atoms in total. The van der Waals surface area contributed by atoms with E-state index in [4.69, 9.17) is 5.11 Å². The van der Waals surface area contributed by atoms with Gasteiger partial charge in [-0.1, -0.05) is 13.3 Å². The lowest BCUT2D eigenvalue weighted by molar-refractivity contribution is -0.119. The van der Waals surface area contributed by atoms with Crippen LogP contribution in [0.2, 0.25) is 0 Å². The third kappa shape index (κ3) is 12.8. The van der Waals surface area contributed by atoms with Crippen LogP contribution in [-0.2, 0) is 9.59 Å². The quantitative estimate of drug-likeness (QED) is 0.204. The number of benzene rings is 1. The summed E-state index contributed by atoms with van der Waals surface area (Å²) in [6.45, 7) is 2.80. The third-order valence-corrected chi connectivity index (χ3v) is 4.62. The molecule has 0 aliphatic rings. The van der Waals surface area contributed by atoms with Crippen LogP contribution in [0.3, 0.4) is 0 Å². The highest BCUT2D eigenvalue weighted by molar-refractivity contribution is 9.40. The largest absolute Gasteiger partial charge is 0.508 e. The Morgan fingerprint density at radius 1 is 0.960 bits per heavy atom. The Kier molecular flexibility index (Phi) is 12.7. The Labute approximate surface area is 197 Å². The van der Waals surface area contributed by atoms with E-state index in [1.165, 1.54) is 12.1 Å². The first-order valence-corrected chi connectivity index (χ1v) is 11.7. The number of amides is 2. The molecule has 0 aromatic heterocycles. The van der Waals surface area contributed by atoms with Gasteiger partial charge in [-0.25, -0.2) is 0 Å². The Morgan fingerprint density at radius 3 is 1.84 bits per heavy atom. The number of alkyl halides is 6. The molecule has 0 aliphatic heterocycles. The molecule has 2 amide bonds. The summed E-state index contributed by atoms with van der Waals surface area (Å²) in [5, 5.41) is 14.4. The molecule has 3 N–H and O–H groups in total. The molecule has 11 heteroatoms. The number of rotatable bonds is 4. The van der Waals surface area contributed by atoms with Crippen LogP contribution in [0.5, 0.6) is 5.75 Å². The van der Waals surface area contributed by atoms with E-state index in [-0.39, 0.29) is 17.6 Å². The highest BCUT2D eigenvalue weighted by Crippen LogP contribution is 2.34. The molecular weight excluding hydrogens is 724 g/mol. The summed E-state index contributed by atoms with van der Waals surface area (Å²) >= 11 is 18.6. The fourth-order valence-electron chi connectivity index (χ4n) is 1.23. The van der Waals surface area contributed by atoms with Gasteiger partial charge in [0.2, 0.25) is 4.29 Å². The number of hydrogen-bond acceptors (Lipinski definition) is 3. The highest BCUT2D eigenvalue weighted by atomic mass is 80.0. The van der Waals surface area contributed by atoms with Gasteiger partial charge in [0, 0.05) is 12.2 Å². The summed E-state index contributed by atoms with van der Waals surface area (Å²) in [7, 11) is 0. The van der Waals surface area contributed by atoms with Crippen molar-refractivity contribution in [3.63, 3.8) is 0 Å². The van der Waals surface area contributed by atoms with Gasteiger partial charge < -0.3 is 15.7 Å². The fraction of sp³-hybridized carbons (Fsp3) is 0.429. The van der Waals surface area contributed by atoms with Gasteiger partial charge in [0.05, 0.1) is 0 Å². The van der Waals surface area contributed by atoms with Gasteiger partial charge in [0.1, 0.15) is 5.75 Å². The van der Waals surface area contributed by atoms with Crippen LogP contribution >= 0.6 is 95.6 Å². The summed E-state index contributed by atoms with van der Waals surface area (Å²) in [5.74, 6) is -0.236. The predicted molar refractivity (Wildman–Crippen MR) is 124 cm³/mol. The van der Waals surface area contributed by atoms with Crippen molar-refractivity contribution < 1.29 is 14.7 Å². The van der Waals surface area contributed by atoms with E-state index < -0.39 is 4.29 Å². The molecular formula is C14H16Br6N2O3. The number of unbranched alkanes of at least 4 members (excludes halogenated alkanes) is 1. The molecule has 0 bridgehead atoms. The molecule has 1 aromatic rings. The molecule has 0 spiro atoms. The maximum absolute atomic E-state index is 11.4. The minimum absolute atomic E-state index is 0.106. The van der Waals surface area contributed by atoms with E-state index in [1.54, 1.807) is 12.1 Å². The van der Waals surface area contributed by atoms with Gasteiger partial charge in [-0.2, -0.15) is 0 Å². The summed E-state index contributed by atoms with van der Waals surface area (Å²) in [6.07, 6.45) is 2.09. The van der Waals surface area contributed by atoms with Gasteiger partial charge in [0.25, 0.3) is 11.8 Å². The Bertz CT molecular complexity index is 555. The fourth-order valence-corrected chi connectivity index (χ4v) is 1.94. The molecule has 0 radical (unpaired) electrons. The van der Waals surface area contributed by atoms with E-state index >= 15 is 0 Å². The van der Waals surface area contributed by atoms with Crippen LogP contribution in [-0.4, -0.2) is 27.8 Å². The number of carbonyl (C=O) groups is 2. The first-order chi connectivity index (χ1) is 11.4. The predicted octanol–water partition coefficient (Wildman–Crippen LogP) is 5.91. The zero-order chi connectivity index (χ0) is 19.7. The summed E-state index contributed by atoms with van der Waals surface area (Å²) < 4.78 is -1.77. The standard InChI is InChI=1S/C8H6Br3NO2.C6H10Br3NO/c9-8(10,11)7(14)12-5-1-3-6(13)4-2-5;1-2-3-4-10-5(11)6(7,8)9/h1-4,13H,(H,12,14);2-4H2,1H3,(H,10,11). The molecule has 142 valence electrons. The van der Waals surface area contributed by atoms with Crippen molar-refractivity contribution in [2.45, 2.75) is 24.1 Å². The molecule has 0 atom stereocenters. The second kappa shape index (κ2) is 12.3. The molecule has 0 aliphatic carbocycles. The Hall–Kier alpha value is 0.840. The number of carbonyl (C=O) groups excluding carboxylic acids is 2. The van der Waals surface area contributed by atoms with Crippen molar-refractivity contribution >= 4 is 113 Å². The number of phenolic OH excluding ortho intramolecular Hbond substituents is 1. The van der Waals surface area contributed by atoms with E-state index in [1.807, 2.05) is 0 Å². The average molecular weight is 740 g/mol. The lowest BCUT2D eigenvalue weighted by atomic mass is 10.3. The van der Waals surface area contributed by atoms with Gasteiger partial charge in [-0.05, 0) is 126 Å². The van der Waals surface area contributed by atoms with E-state index in [2.05, 4.69) is 113 Å². The van der Waals surface area contributed by atoms with E-state index in [9.17, 15) is 9.59 Å². The summed E-state index contributed by atoms with van der Waals surface area (Å²) in [5.41, 5.74) is 0.607. The van der Waals surface area contributed by atoms with Crippen LogP contribution < -0.4 is 10.6 Å². The number of halogens is 6. The van der Waals surface area contributed by atoms with Gasteiger partial charge in [-0.15, -0.1) is 0 Å². The number of phenols is 1. The minimum Gasteiger partial charge on any atom is -0.508 e. The van der Waals surface area contributed by atoms with Crippen LogP contribution in [0.1, 0.15) is 19.8 Å². The number of hydrogen-bond donors (Lipinski definition) is 3. The first-order valence-electron chi connectivity index (χ1n) is 6.90. The van der Waals surface area contributed by atoms with Crippen molar-refractivity contribution in [1.29, 1.82) is 0 Å².